The molecule has 2 aromatic heterocycles. The van der Waals surface area contributed by atoms with E-state index in [1.165, 1.54) is 0 Å². The molecule has 0 spiro atoms. The van der Waals surface area contributed by atoms with Gasteiger partial charge in [0.2, 0.25) is 5.95 Å². The molecular weight excluding hydrogens is 280 g/mol. The summed E-state index contributed by atoms with van der Waals surface area (Å²) in [5.74, 6) is 0.652. The molecule has 0 saturated heterocycles. The number of nitrogens with one attached hydrogen (secondary N) is 1. The highest BCUT2D eigenvalue weighted by Crippen LogP contribution is 2.38. The third-order valence-corrected chi connectivity index (χ3v) is 3.58. The fraction of sp³-hybridized carbons (Fsp3) is 0.467. The van der Waals surface area contributed by atoms with Crippen LogP contribution in [0.15, 0.2) is 24.7 Å². The van der Waals surface area contributed by atoms with Crippen LogP contribution in [0.2, 0.25) is 0 Å². The highest BCUT2D eigenvalue weighted by molar-refractivity contribution is 6.03. The maximum absolute atomic E-state index is 12.2. The number of hydrogen-bond acceptors (Lipinski definition) is 5. The first-order valence-electron chi connectivity index (χ1n) is 7.43. The van der Waals surface area contributed by atoms with Gasteiger partial charge in [0, 0.05) is 29.9 Å². The van der Waals surface area contributed by atoms with Crippen LogP contribution in [0.3, 0.4) is 0 Å². The number of aromatic nitrogens is 4. The highest BCUT2D eigenvalue weighted by Gasteiger charge is 2.25. The number of carbonyl (C=O) groups excluding carboxylic acids is 1. The first-order valence-corrected chi connectivity index (χ1v) is 7.43. The van der Waals surface area contributed by atoms with Gasteiger partial charge in [-0.15, -0.1) is 5.10 Å². The number of rotatable bonds is 6. The van der Waals surface area contributed by atoms with Crippen LogP contribution < -0.4 is 5.32 Å². The van der Waals surface area contributed by atoms with Crippen LogP contribution in [0.25, 0.3) is 0 Å². The summed E-state index contributed by atoms with van der Waals surface area (Å²) in [7, 11) is 4.00. The summed E-state index contributed by atoms with van der Waals surface area (Å²) in [6, 6.07) is 3.57. The van der Waals surface area contributed by atoms with Crippen molar-refractivity contribution in [2.45, 2.75) is 25.3 Å². The Kier molecular flexibility index (Phi) is 4.15. The molecular formula is C15H20N6O. The number of likely N-dealkylation sites (N-methyl/N-ethyl adjacent to an activating group) is 1. The average Bonchev–Trinajstić information content (AvgIpc) is 3.26. The molecule has 7 nitrogen and oxygen atoms in total. The zero-order valence-corrected chi connectivity index (χ0v) is 12.9. The minimum absolute atomic E-state index is 0.199. The molecule has 2 heterocycles. The van der Waals surface area contributed by atoms with Gasteiger partial charge in [0.25, 0.3) is 5.91 Å². The zero-order valence-electron chi connectivity index (χ0n) is 12.9. The summed E-state index contributed by atoms with van der Waals surface area (Å²) in [4.78, 5) is 22.7. The second-order valence-electron chi connectivity index (χ2n) is 5.83. The van der Waals surface area contributed by atoms with Crippen LogP contribution >= 0.6 is 0 Å². The number of anilines is 1. The molecule has 0 atom stereocenters. The summed E-state index contributed by atoms with van der Waals surface area (Å²) < 4.78 is 1.72. The molecule has 1 N–H and O–H groups in total. The molecule has 0 aromatic carbocycles. The number of nitrogens with zero attached hydrogens (tertiary/aromatic N) is 5. The summed E-state index contributed by atoms with van der Waals surface area (Å²) in [5, 5.41) is 6.98. The van der Waals surface area contributed by atoms with E-state index in [2.05, 4.69) is 25.3 Å². The molecule has 3 rings (SSSR count). The van der Waals surface area contributed by atoms with Crippen molar-refractivity contribution in [1.29, 1.82) is 0 Å². The summed E-state index contributed by atoms with van der Waals surface area (Å²) >= 11 is 0. The molecule has 1 aliphatic carbocycles. The molecule has 0 aliphatic heterocycles. The Labute approximate surface area is 129 Å². The lowest BCUT2D eigenvalue weighted by atomic mass is 10.2. The minimum Gasteiger partial charge on any atom is -0.308 e. The van der Waals surface area contributed by atoms with E-state index >= 15 is 0 Å². The quantitative estimate of drug-likeness (QED) is 0.872. The van der Waals surface area contributed by atoms with Crippen LogP contribution in [0.4, 0.5) is 5.95 Å². The number of hydrogen-bond donors (Lipinski definition) is 1. The standard InChI is InChI=1S/C15H20N6O/c1-20(2)7-8-21-10-17-15(19-21)18-14(22)12-5-6-16-13(9-12)11-3-4-11/h5-6,9-11H,3-4,7-8H2,1-2H3,(H,18,19,22). The molecule has 0 radical (unpaired) electrons. The van der Waals surface area contributed by atoms with Crippen LogP contribution in [-0.2, 0) is 6.54 Å². The first kappa shape index (κ1) is 14.6. The van der Waals surface area contributed by atoms with Crippen molar-refractivity contribution < 1.29 is 4.79 Å². The Morgan fingerprint density at radius 2 is 2.23 bits per heavy atom. The Morgan fingerprint density at radius 1 is 1.41 bits per heavy atom. The molecule has 116 valence electrons. The Morgan fingerprint density at radius 3 is 2.95 bits per heavy atom. The maximum atomic E-state index is 12.2. The van der Waals surface area contributed by atoms with E-state index in [0.29, 0.717) is 17.4 Å². The molecule has 1 saturated carbocycles. The van der Waals surface area contributed by atoms with Gasteiger partial charge in [0.15, 0.2) is 0 Å². The van der Waals surface area contributed by atoms with Gasteiger partial charge in [-0.05, 0) is 39.1 Å². The summed E-state index contributed by atoms with van der Waals surface area (Å²) in [6.45, 7) is 1.60. The van der Waals surface area contributed by atoms with Crippen LogP contribution in [-0.4, -0.2) is 51.2 Å². The van der Waals surface area contributed by atoms with Gasteiger partial charge in [0.1, 0.15) is 6.33 Å². The van der Waals surface area contributed by atoms with Crippen LogP contribution in [0.1, 0.15) is 34.8 Å². The van der Waals surface area contributed by atoms with Crippen LogP contribution in [0.5, 0.6) is 0 Å². The molecule has 0 bridgehead atoms. The topological polar surface area (TPSA) is 75.9 Å². The first-order chi connectivity index (χ1) is 10.6. The Hall–Kier alpha value is -2.28. The lowest BCUT2D eigenvalue weighted by molar-refractivity contribution is 0.102. The monoisotopic (exact) mass is 300 g/mol. The number of carbonyl (C=O) groups is 1. The molecule has 1 aliphatic rings. The van der Waals surface area contributed by atoms with Gasteiger partial charge in [0.05, 0.1) is 6.54 Å². The van der Waals surface area contributed by atoms with E-state index in [1.54, 1.807) is 23.3 Å². The lowest BCUT2D eigenvalue weighted by Gasteiger charge is -2.08. The van der Waals surface area contributed by atoms with Gasteiger partial charge in [-0.25, -0.2) is 9.67 Å². The normalized spacial score (nSPS) is 14.3. The highest BCUT2D eigenvalue weighted by atomic mass is 16.1. The fourth-order valence-electron chi connectivity index (χ4n) is 2.13. The summed E-state index contributed by atoms with van der Waals surface area (Å²) in [5.41, 5.74) is 1.60. The van der Waals surface area contributed by atoms with Gasteiger partial charge < -0.3 is 4.90 Å². The van der Waals surface area contributed by atoms with Crippen molar-refractivity contribution in [2.24, 2.45) is 0 Å². The van der Waals surface area contributed by atoms with E-state index in [-0.39, 0.29) is 5.91 Å². The average molecular weight is 300 g/mol. The molecule has 2 aromatic rings. The number of pyridine rings is 1. The van der Waals surface area contributed by atoms with Gasteiger partial charge in [-0.3, -0.25) is 15.1 Å². The predicted molar refractivity (Wildman–Crippen MR) is 82.7 cm³/mol. The zero-order chi connectivity index (χ0) is 15.5. The van der Waals surface area contributed by atoms with Crippen molar-refractivity contribution in [3.8, 4) is 0 Å². The van der Waals surface area contributed by atoms with E-state index in [9.17, 15) is 4.79 Å². The van der Waals surface area contributed by atoms with Gasteiger partial charge in [-0.2, -0.15) is 0 Å². The third-order valence-electron chi connectivity index (χ3n) is 3.58. The van der Waals surface area contributed by atoms with Crippen molar-refractivity contribution in [2.75, 3.05) is 26.0 Å². The minimum atomic E-state index is -0.199. The lowest BCUT2D eigenvalue weighted by Crippen LogP contribution is -2.19. The maximum Gasteiger partial charge on any atom is 0.258 e. The van der Waals surface area contributed by atoms with Crippen molar-refractivity contribution >= 4 is 11.9 Å². The predicted octanol–water partition coefficient (Wildman–Crippen LogP) is 1.36. The van der Waals surface area contributed by atoms with Gasteiger partial charge in [-0.1, -0.05) is 0 Å². The van der Waals surface area contributed by atoms with Crippen LogP contribution in [0, 0.1) is 0 Å². The third kappa shape index (κ3) is 3.67. The van der Waals surface area contributed by atoms with Gasteiger partial charge >= 0.3 is 0 Å². The number of amides is 1. The molecule has 1 amide bonds. The molecule has 0 unspecified atom stereocenters. The van der Waals surface area contributed by atoms with E-state index < -0.39 is 0 Å². The summed E-state index contributed by atoms with van der Waals surface area (Å²) in [6.07, 6.45) is 5.64. The van der Waals surface area contributed by atoms with Crippen molar-refractivity contribution in [1.82, 2.24) is 24.6 Å². The SMILES string of the molecule is CN(C)CCn1cnc(NC(=O)c2ccnc(C3CC3)c2)n1. The largest absolute Gasteiger partial charge is 0.308 e. The Bertz CT molecular complexity index is 662. The second kappa shape index (κ2) is 6.23. The molecule has 1 fully saturated rings. The van der Waals surface area contributed by atoms with E-state index in [4.69, 9.17) is 0 Å². The van der Waals surface area contributed by atoms with E-state index in [1.807, 2.05) is 20.2 Å². The molecule has 7 heteroatoms. The second-order valence-corrected chi connectivity index (χ2v) is 5.83. The van der Waals surface area contributed by atoms with Crippen molar-refractivity contribution in [3.63, 3.8) is 0 Å². The van der Waals surface area contributed by atoms with Crippen molar-refractivity contribution in [3.05, 3.63) is 35.9 Å². The fourth-order valence-corrected chi connectivity index (χ4v) is 2.13. The van der Waals surface area contributed by atoms with E-state index in [0.717, 1.165) is 31.6 Å². The molecule has 22 heavy (non-hydrogen) atoms. The smallest absolute Gasteiger partial charge is 0.258 e. The Balaban J connectivity index is 1.62.